The summed E-state index contributed by atoms with van der Waals surface area (Å²) >= 11 is 0. The summed E-state index contributed by atoms with van der Waals surface area (Å²) in [4.78, 5) is 27.8. The first-order valence-corrected chi connectivity index (χ1v) is 10.4. The quantitative estimate of drug-likeness (QED) is 0.445. The van der Waals surface area contributed by atoms with Crippen LogP contribution in [0.1, 0.15) is 43.2 Å². The Morgan fingerprint density at radius 3 is 2.80 bits per heavy atom. The molecule has 0 radical (unpaired) electrons. The number of amidine groups is 1. The van der Waals surface area contributed by atoms with Gasteiger partial charge in [0.1, 0.15) is 11.5 Å². The molecule has 3 heterocycles. The summed E-state index contributed by atoms with van der Waals surface area (Å²) in [5, 5.41) is 4.68. The van der Waals surface area contributed by atoms with Crippen LogP contribution < -0.4 is 16.6 Å². The number of piperidine rings is 1. The molecule has 1 aliphatic heterocycles. The molecular formula is C22H29N7O. The van der Waals surface area contributed by atoms with Crippen molar-refractivity contribution in [3.8, 4) is 0 Å². The van der Waals surface area contributed by atoms with Gasteiger partial charge in [0.05, 0.1) is 12.4 Å². The average molecular weight is 408 g/mol. The molecule has 0 spiro atoms. The van der Waals surface area contributed by atoms with Gasteiger partial charge in [-0.05, 0) is 57.4 Å². The molecule has 0 amide bonds. The van der Waals surface area contributed by atoms with Crippen molar-refractivity contribution in [3.63, 3.8) is 0 Å². The number of pyridine rings is 1. The van der Waals surface area contributed by atoms with Gasteiger partial charge in [0.2, 0.25) is 0 Å². The number of nitrogens with two attached hydrogens (primary N) is 1. The van der Waals surface area contributed by atoms with Crippen LogP contribution in [0.25, 0.3) is 10.8 Å². The fraction of sp³-hybridized carbons (Fsp3) is 0.409. The van der Waals surface area contributed by atoms with Crippen LogP contribution in [0.2, 0.25) is 0 Å². The number of nitrogens with one attached hydrogen (secondary N) is 2. The van der Waals surface area contributed by atoms with E-state index in [9.17, 15) is 4.79 Å². The molecule has 0 bridgehead atoms. The number of H-pyrrole nitrogens is 1. The zero-order chi connectivity index (χ0) is 21.3. The fourth-order valence-corrected chi connectivity index (χ4v) is 4.26. The molecule has 0 saturated carbocycles. The fourth-order valence-electron chi connectivity index (χ4n) is 4.26. The van der Waals surface area contributed by atoms with E-state index in [1.54, 1.807) is 13.4 Å². The number of hydrogen-bond donors (Lipinski definition) is 3. The van der Waals surface area contributed by atoms with E-state index < -0.39 is 0 Å². The molecule has 8 heteroatoms. The SMILES string of the molecule is CNc1nc[nH]c1C(N)=NC(C)c1cc2ccccc2c(=O)n1C1CCN(C)CC1. The van der Waals surface area contributed by atoms with E-state index in [4.69, 9.17) is 10.7 Å². The molecule has 158 valence electrons. The highest BCUT2D eigenvalue weighted by atomic mass is 16.1. The van der Waals surface area contributed by atoms with E-state index in [2.05, 4.69) is 33.3 Å². The van der Waals surface area contributed by atoms with Gasteiger partial charge < -0.3 is 25.5 Å². The minimum atomic E-state index is -0.282. The number of imidazole rings is 1. The maximum Gasteiger partial charge on any atom is 0.258 e. The van der Waals surface area contributed by atoms with Crippen LogP contribution >= 0.6 is 0 Å². The zero-order valence-electron chi connectivity index (χ0n) is 17.7. The monoisotopic (exact) mass is 407 g/mol. The van der Waals surface area contributed by atoms with Gasteiger partial charge in [0, 0.05) is 24.2 Å². The van der Waals surface area contributed by atoms with Gasteiger partial charge in [0.15, 0.2) is 5.82 Å². The van der Waals surface area contributed by atoms with Crippen molar-refractivity contribution in [1.82, 2.24) is 19.4 Å². The predicted molar refractivity (Wildman–Crippen MR) is 121 cm³/mol. The number of fused-ring (bicyclic) bond motifs is 1. The summed E-state index contributed by atoms with van der Waals surface area (Å²) in [6.07, 6.45) is 3.47. The molecule has 1 aromatic carbocycles. The lowest BCUT2D eigenvalue weighted by atomic mass is 10.0. The molecule has 1 fully saturated rings. The second-order valence-corrected chi connectivity index (χ2v) is 7.93. The van der Waals surface area contributed by atoms with E-state index in [0.29, 0.717) is 17.3 Å². The Morgan fingerprint density at radius 2 is 2.07 bits per heavy atom. The highest BCUT2D eigenvalue weighted by molar-refractivity contribution is 6.00. The Balaban J connectivity index is 1.81. The number of aromatic amines is 1. The topological polar surface area (TPSA) is 104 Å². The number of aromatic nitrogens is 3. The van der Waals surface area contributed by atoms with Gasteiger partial charge in [-0.2, -0.15) is 0 Å². The highest BCUT2D eigenvalue weighted by Crippen LogP contribution is 2.28. The molecule has 1 saturated heterocycles. The normalized spacial score (nSPS) is 17.4. The van der Waals surface area contributed by atoms with Crippen LogP contribution in [0.3, 0.4) is 0 Å². The Kier molecular flexibility index (Phi) is 5.59. The third kappa shape index (κ3) is 3.70. The lowest BCUT2D eigenvalue weighted by molar-refractivity contribution is 0.216. The molecule has 4 rings (SSSR count). The van der Waals surface area contributed by atoms with E-state index >= 15 is 0 Å². The van der Waals surface area contributed by atoms with Crippen molar-refractivity contribution < 1.29 is 0 Å². The molecule has 0 aliphatic carbocycles. The average Bonchev–Trinajstić information content (AvgIpc) is 3.23. The Labute approximate surface area is 175 Å². The van der Waals surface area contributed by atoms with Gasteiger partial charge in [-0.15, -0.1) is 0 Å². The molecule has 4 N–H and O–H groups in total. The van der Waals surface area contributed by atoms with Crippen LogP contribution in [-0.4, -0.2) is 52.5 Å². The molecule has 8 nitrogen and oxygen atoms in total. The summed E-state index contributed by atoms with van der Waals surface area (Å²) in [5.74, 6) is 1.01. The summed E-state index contributed by atoms with van der Waals surface area (Å²) in [5.41, 5.74) is 7.89. The third-order valence-electron chi connectivity index (χ3n) is 5.94. The number of likely N-dealkylation sites (tertiary alicyclic amines) is 1. The Morgan fingerprint density at radius 1 is 1.33 bits per heavy atom. The van der Waals surface area contributed by atoms with Gasteiger partial charge >= 0.3 is 0 Å². The van der Waals surface area contributed by atoms with Crippen molar-refractivity contribution in [3.05, 3.63) is 58.4 Å². The largest absolute Gasteiger partial charge is 0.382 e. The summed E-state index contributed by atoms with van der Waals surface area (Å²) in [6, 6.07) is 9.72. The van der Waals surface area contributed by atoms with E-state index in [1.807, 2.05) is 35.8 Å². The molecule has 1 unspecified atom stereocenters. The van der Waals surface area contributed by atoms with E-state index in [-0.39, 0.29) is 17.6 Å². The highest BCUT2D eigenvalue weighted by Gasteiger charge is 2.24. The number of aliphatic imine (C=N–C) groups is 1. The van der Waals surface area contributed by atoms with E-state index in [0.717, 1.165) is 42.4 Å². The van der Waals surface area contributed by atoms with Crippen molar-refractivity contribution in [2.45, 2.75) is 31.8 Å². The molecular weight excluding hydrogens is 378 g/mol. The van der Waals surface area contributed by atoms with Crippen molar-refractivity contribution >= 4 is 22.4 Å². The molecule has 1 atom stereocenters. The van der Waals surface area contributed by atoms with Crippen LogP contribution in [0.5, 0.6) is 0 Å². The van der Waals surface area contributed by atoms with E-state index in [1.165, 1.54) is 0 Å². The molecule has 3 aromatic rings. The van der Waals surface area contributed by atoms with Crippen LogP contribution in [0, 0.1) is 0 Å². The first-order chi connectivity index (χ1) is 14.5. The maximum atomic E-state index is 13.5. The lowest BCUT2D eigenvalue weighted by Gasteiger charge is -2.32. The minimum Gasteiger partial charge on any atom is -0.382 e. The van der Waals surface area contributed by atoms with Gasteiger partial charge in [-0.1, -0.05) is 18.2 Å². The molecule has 2 aromatic heterocycles. The molecule has 1 aliphatic rings. The van der Waals surface area contributed by atoms with Crippen LogP contribution in [0.15, 0.2) is 46.4 Å². The molecule has 30 heavy (non-hydrogen) atoms. The second kappa shape index (κ2) is 8.31. The van der Waals surface area contributed by atoms with Gasteiger partial charge in [-0.3, -0.25) is 9.79 Å². The predicted octanol–water partition coefficient (Wildman–Crippen LogP) is 2.50. The second-order valence-electron chi connectivity index (χ2n) is 7.93. The minimum absolute atomic E-state index is 0.0516. The summed E-state index contributed by atoms with van der Waals surface area (Å²) in [6.45, 7) is 3.93. The van der Waals surface area contributed by atoms with Gasteiger partial charge in [-0.25, -0.2) is 4.98 Å². The Hall–Kier alpha value is -3.13. The standard InChI is InChI=1S/C22H29N7O/c1-14(27-20(23)19-21(24-2)26-13-25-19)18-12-15-6-4-5-7-17(15)22(30)29(18)16-8-10-28(3)11-9-16/h4-7,12-14,16,24H,8-11H2,1-3H3,(H2,23,27)(H,25,26). The number of anilines is 1. The smallest absolute Gasteiger partial charge is 0.258 e. The maximum absolute atomic E-state index is 13.5. The van der Waals surface area contributed by atoms with Gasteiger partial charge in [0.25, 0.3) is 5.56 Å². The van der Waals surface area contributed by atoms with Crippen molar-refractivity contribution in [2.75, 3.05) is 32.5 Å². The number of rotatable bonds is 5. The number of nitrogens with zero attached hydrogens (tertiary/aromatic N) is 4. The summed E-state index contributed by atoms with van der Waals surface area (Å²) < 4.78 is 1.96. The van der Waals surface area contributed by atoms with Crippen LogP contribution in [-0.2, 0) is 0 Å². The number of benzene rings is 1. The summed E-state index contributed by atoms with van der Waals surface area (Å²) in [7, 11) is 3.91. The Bertz CT molecular complexity index is 1120. The first kappa shape index (κ1) is 20.2. The van der Waals surface area contributed by atoms with Crippen LogP contribution in [0.4, 0.5) is 5.82 Å². The first-order valence-electron chi connectivity index (χ1n) is 10.4. The zero-order valence-corrected chi connectivity index (χ0v) is 17.7. The van der Waals surface area contributed by atoms with Crippen molar-refractivity contribution in [2.24, 2.45) is 10.7 Å². The number of hydrogen-bond acceptors (Lipinski definition) is 5. The third-order valence-corrected chi connectivity index (χ3v) is 5.94. The van der Waals surface area contributed by atoms with Crippen molar-refractivity contribution in [1.29, 1.82) is 0 Å². The lowest BCUT2D eigenvalue weighted by Crippen LogP contribution is -2.37.